The quantitative estimate of drug-likeness (QED) is 0.293. The summed E-state index contributed by atoms with van der Waals surface area (Å²) in [6.07, 6.45) is 0.512. The Morgan fingerprint density at radius 3 is 2.37 bits per heavy atom. The van der Waals surface area contributed by atoms with Crippen LogP contribution >= 0.6 is 11.3 Å². The maximum Gasteiger partial charge on any atom is 0.263 e. The molecule has 4 aromatic rings. The van der Waals surface area contributed by atoms with E-state index in [9.17, 15) is 9.18 Å². The molecule has 0 spiro atoms. The molecular formula is C27H25FN2O4S. The van der Waals surface area contributed by atoms with Crippen LogP contribution in [-0.2, 0) is 6.42 Å². The van der Waals surface area contributed by atoms with Crippen molar-refractivity contribution in [2.75, 3.05) is 32.8 Å². The van der Waals surface area contributed by atoms with Crippen molar-refractivity contribution in [1.82, 2.24) is 4.98 Å². The molecule has 6 nitrogen and oxygen atoms in total. The SMILES string of the molecule is COc1ccc(-c2csc(N(CCc3ccc(OC)c(OC)c3)C(=O)c3ccccc3F)n2)cc1. The Labute approximate surface area is 207 Å². The topological polar surface area (TPSA) is 60.9 Å². The van der Waals surface area contributed by atoms with Crippen molar-refractivity contribution >= 4 is 22.4 Å². The fourth-order valence-corrected chi connectivity index (χ4v) is 4.48. The number of hydrogen-bond donors (Lipinski definition) is 0. The molecule has 0 bridgehead atoms. The van der Waals surface area contributed by atoms with Gasteiger partial charge in [-0.25, -0.2) is 9.37 Å². The van der Waals surface area contributed by atoms with Gasteiger partial charge in [0.15, 0.2) is 16.6 Å². The number of benzene rings is 3. The van der Waals surface area contributed by atoms with E-state index in [4.69, 9.17) is 19.2 Å². The Bertz CT molecular complexity index is 1310. The summed E-state index contributed by atoms with van der Waals surface area (Å²) in [6, 6.07) is 19.1. The summed E-state index contributed by atoms with van der Waals surface area (Å²) in [5.74, 6) is 0.961. The lowest BCUT2D eigenvalue weighted by Crippen LogP contribution is -2.33. The molecule has 1 amide bonds. The Morgan fingerprint density at radius 1 is 0.943 bits per heavy atom. The lowest BCUT2D eigenvalue weighted by molar-refractivity contribution is 0.0983. The Hall–Kier alpha value is -3.91. The lowest BCUT2D eigenvalue weighted by Gasteiger charge is -2.21. The maximum atomic E-state index is 14.5. The average molecular weight is 493 g/mol. The molecule has 4 rings (SSSR count). The third-order valence-electron chi connectivity index (χ3n) is 5.53. The molecule has 0 atom stereocenters. The largest absolute Gasteiger partial charge is 0.497 e. The first-order chi connectivity index (χ1) is 17.0. The zero-order valence-corrected chi connectivity index (χ0v) is 20.5. The van der Waals surface area contributed by atoms with Crippen molar-refractivity contribution in [1.29, 1.82) is 0 Å². The molecule has 0 saturated heterocycles. The number of anilines is 1. The van der Waals surface area contributed by atoms with Gasteiger partial charge in [0.2, 0.25) is 0 Å². The number of nitrogens with zero attached hydrogens (tertiary/aromatic N) is 2. The van der Waals surface area contributed by atoms with Crippen LogP contribution in [0.5, 0.6) is 17.2 Å². The number of rotatable bonds is 9. The van der Waals surface area contributed by atoms with Crippen molar-refractivity contribution < 1.29 is 23.4 Å². The van der Waals surface area contributed by atoms with Crippen LogP contribution < -0.4 is 19.1 Å². The van der Waals surface area contributed by atoms with E-state index >= 15 is 0 Å². The van der Waals surface area contributed by atoms with Gasteiger partial charge in [-0.15, -0.1) is 11.3 Å². The summed E-state index contributed by atoms with van der Waals surface area (Å²) < 4.78 is 30.4. The molecule has 35 heavy (non-hydrogen) atoms. The summed E-state index contributed by atoms with van der Waals surface area (Å²) in [6.45, 7) is 0.304. The molecule has 0 radical (unpaired) electrons. The van der Waals surface area contributed by atoms with E-state index < -0.39 is 11.7 Å². The predicted molar refractivity (Wildman–Crippen MR) is 135 cm³/mol. The number of ether oxygens (including phenoxy) is 3. The van der Waals surface area contributed by atoms with Crippen LogP contribution in [0.15, 0.2) is 72.1 Å². The minimum Gasteiger partial charge on any atom is -0.497 e. The molecule has 0 aliphatic carbocycles. The highest BCUT2D eigenvalue weighted by Gasteiger charge is 2.23. The molecule has 0 N–H and O–H groups in total. The lowest BCUT2D eigenvalue weighted by atomic mass is 10.1. The van der Waals surface area contributed by atoms with Crippen LogP contribution in [-0.4, -0.2) is 38.8 Å². The van der Waals surface area contributed by atoms with Crippen LogP contribution in [0.3, 0.4) is 0 Å². The van der Waals surface area contributed by atoms with E-state index in [0.717, 1.165) is 22.6 Å². The number of thiazole rings is 1. The first kappa shape index (κ1) is 24.2. The van der Waals surface area contributed by atoms with E-state index in [1.165, 1.54) is 28.4 Å². The standard InChI is InChI=1S/C27H25FN2O4S/c1-32-20-11-9-19(10-12-20)23-17-35-27(29-23)30(26(31)21-6-4-5-7-22(21)28)15-14-18-8-13-24(33-2)25(16-18)34-3/h4-13,16-17H,14-15H2,1-3H3. The van der Waals surface area contributed by atoms with Crippen LogP contribution in [0.2, 0.25) is 0 Å². The molecule has 0 fully saturated rings. The second-order valence-corrected chi connectivity index (χ2v) is 8.46. The van der Waals surface area contributed by atoms with Crippen molar-refractivity contribution in [3.05, 3.63) is 89.1 Å². The van der Waals surface area contributed by atoms with Crippen molar-refractivity contribution in [2.45, 2.75) is 6.42 Å². The van der Waals surface area contributed by atoms with E-state index in [0.29, 0.717) is 29.6 Å². The monoisotopic (exact) mass is 492 g/mol. The minimum absolute atomic E-state index is 0.000934. The predicted octanol–water partition coefficient (Wildman–Crippen LogP) is 5.86. The van der Waals surface area contributed by atoms with E-state index in [2.05, 4.69) is 0 Å². The second kappa shape index (κ2) is 11.0. The Morgan fingerprint density at radius 2 is 1.69 bits per heavy atom. The summed E-state index contributed by atoms with van der Waals surface area (Å²) in [5, 5.41) is 2.37. The number of halogens is 1. The van der Waals surface area contributed by atoms with Gasteiger partial charge in [0.1, 0.15) is 11.6 Å². The molecule has 8 heteroatoms. The fourth-order valence-electron chi connectivity index (χ4n) is 3.62. The highest BCUT2D eigenvalue weighted by atomic mass is 32.1. The number of aromatic nitrogens is 1. The molecule has 0 saturated carbocycles. The van der Waals surface area contributed by atoms with Gasteiger partial charge < -0.3 is 14.2 Å². The third-order valence-corrected chi connectivity index (χ3v) is 6.39. The van der Waals surface area contributed by atoms with E-state index in [1.54, 1.807) is 33.5 Å². The summed E-state index contributed by atoms with van der Waals surface area (Å²) in [4.78, 5) is 19.7. The molecule has 0 aliphatic rings. The molecular weight excluding hydrogens is 467 g/mol. The number of methoxy groups -OCH3 is 3. The highest BCUT2D eigenvalue weighted by molar-refractivity contribution is 7.14. The normalized spacial score (nSPS) is 10.6. The van der Waals surface area contributed by atoms with Crippen LogP contribution in [0, 0.1) is 5.82 Å². The van der Waals surface area contributed by atoms with Crippen molar-refractivity contribution in [3.8, 4) is 28.5 Å². The average Bonchev–Trinajstić information content (AvgIpc) is 3.38. The number of amides is 1. The third kappa shape index (κ3) is 5.44. The summed E-state index contributed by atoms with van der Waals surface area (Å²) >= 11 is 1.34. The minimum atomic E-state index is -0.569. The van der Waals surface area contributed by atoms with Gasteiger partial charge in [-0.2, -0.15) is 0 Å². The van der Waals surface area contributed by atoms with Gasteiger partial charge >= 0.3 is 0 Å². The van der Waals surface area contributed by atoms with Gasteiger partial charge in [0.25, 0.3) is 5.91 Å². The van der Waals surface area contributed by atoms with Crippen LogP contribution in [0.4, 0.5) is 9.52 Å². The number of carbonyl (C=O) groups is 1. The van der Waals surface area contributed by atoms with Gasteiger partial charge in [-0.05, 0) is 60.5 Å². The smallest absolute Gasteiger partial charge is 0.263 e. The Balaban J connectivity index is 1.64. The maximum absolute atomic E-state index is 14.5. The van der Waals surface area contributed by atoms with Crippen molar-refractivity contribution in [3.63, 3.8) is 0 Å². The molecule has 3 aromatic carbocycles. The van der Waals surface area contributed by atoms with Crippen LogP contribution in [0.1, 0.15) is 15.9 Å². The highest BCUT2D eigenvalue weighted by Crippen LogP contribution is 2.31. The van der Waals surface area contributed by atoms with Gasteiger partial charge in [0, 0.05) is 17.5 Å². The van der Waals surface area contributed by atoms with Crippen molar-refractivity contribution in [2.24, 2.45) is 0 Å². The van der Waals surface area contributed by atoms with Gasteiger partial charge in [-0.3, -0.25) is 9.69 Å². The number of hydrogen-bond acceptors (Lipinski definition) is 6. The first-order valence-electron chi connectivity index (χ1n) is 10.9. The molecule has 180 valence electrons. The molecule has 1 aromatic heterocycles. The summed E-state index contributed by atoms with van der Waals surface area (Å²) in [7, 11) is 4.77. The Kier molecular flexibility index (Phi) is 7.62. The molecule has 0 unspecified atom stereocenters. The van der Waals surface area contributed by atoms with E-state index in [1.807, 2.05) is 47.8 Å². The zero-order chi connectivity index (χ0) is 24.8. The fraction of sp³-hybridized carbons (Fsp3) is 0.185. The van der Waals surface area contributed by atoms with E-state index in [-0.39, 0.29) is 5.56 Å². The van der Waals surface area contributed by atoms with Gasteiger partial charge in [0.05, 0.1) is 32.6 Å². The number of carbonyl (C=O) groups excluding carboxylic acids is 1. The second-order valence-electron chi connectivity index (χ2n) is 7.62. The summed E-state index contributed by atoms with van der Waals surface area (Å²) in [5.41, 5.74) is 2.57. The first-order valence-corrected chi connectivity index (χ1v) is 11.8. The molecule has 0 aliphatic heterocycles. The molecule has 1 heterocycles. The van der Waals surface area contributed by atoms with Gasteiger partial charge in [-0.1, -0.05) is 18.2 Å². The zero-order valence-electron chi connectivity index (χ0n) is 19.7. The van der Waals surface area contributed by atoms with Crippen LogP contribution in [0.25, 0.3) is 11.3 Å².